The Bertz CT molecular complexity index is 869. The maximum Gasteiger partial charge on any atom is 0.268 e. The van der Waals surface area contributed by atoms with Gasteiger partial charge in [-0.25, -0.2) is 13.1 Å². The highest BCUT2D eigenvalue weighted by molar-refractivity contribution is 7.89. The van der Waals surface area contributed by atoms with Gasteiger partial charge < -0.3 is 14.8 Å². The van der Waals surface area contributed by atoms with Crippen molar-refractivity contribution in [2.24, 2.45) is 7.05 Å². The summed E-state index contributed by atoms with van der Waals surface area (Å²) in [6.45, 7) is 1.75. The van der Waals surface area contributed by atoms with Crippen LogP contribution in [0, 0.1) is 0 Å². The van der Waals surface area contributed by atoms with Gasteiger partial charge in [0, 0.05) is 38.1 Å². The smallest absolute Gasteiger partial charge is 0.268 e. The van der Waals surface area contributed by atoms with E-state index in [-0.39, 0.29) is 16.8 Å². The van der Waals surface area contributed by atoms with Gasteiger partial charge in [-0.2, -0.15) is 0 Å². The Balaban J connectivity index is 1.61. The molecule has 0 bridgehead atoms. The number of nitrogens with one attached hydrogen (secondary N) is 2. The molecule has 2 N–H and O–H groups in total. The van der Waals surface area contributed by atoms with Crippen molar-refractivity contribution in [2.75, 3.05) is 25.0 Å². The van der Waals surface area contributed by atoms with Gasteiger partial charge in [0.15, 0.2) is 0 Å². The number of hydrogen-bond donors (Lipinski definition) is 2. The van der Waals surface area contributed by atoms with E-state index in [0.717, 1.165) is 25.9 Å². The first kappa shape index (κ1) is 18.5. The van der Waals surface area contributed by atoms with E-state index in [9.17, 15) is 13.2 Å². The number of rotatable bonds is 5. The number of hydrogen-bond acceptors (Lipinski definition) is 4. The van der Waals surface area contributed by atoms with Crippen molar-refractivity contribution in [3.63, 3.8) is 0 Å². The van der Waals surface area contributed by atoms with Crippen molar-refractivity contribution in [3.05, 3.63) is 48.3 Å². The molecule has 0 spiro atoms. The van der Waals surface area contributed by atoms with Crippen LogP contribution in [0.1, 0.15) is 23.3 Å². The number of carbonyl (C=O) groups excluding carboxylic acids is 1. The standard InChI is InChI=1S/C18H24N4O3S/c1-19-26(24,25)16-12-17(21(2)13-16)18(23)20-14-8-10-22(11-9-14)15-6-4-3-5-7-15/h3-7,12-14,19H,8-11H2,1-2H3,(H,20,23). The van der Waals surface area contributed by atoms with Crippen LogP contribution < -0.4 is 14.9 Å². The topological polar surface area (TPSA) is 83.4 Å². The molecule has 3 rings (SSSR count). The number of nitrogens with zero attached hydrogens (tertiary/aromatic N) is 2. The summed E-state index contributed by atoms with van der Waals surface area (Å²) in [7, 11) is -0.544. The van der Waals surface area contributed by atoms with Crippen molar-refractivity contribution in [1.29, 1.82) is 0 Å². The molecule has 7 nitrogen and oxygen atoms in total. The van der Waals surface area contributed by atoms with Gasteiger partial charge >= 0.3 is 0 Å². The van der Waals surface area contributed by atoms with Crippen LogP contribution in [0.3, 0.4) is 0 Å². The fourth-order valence-corrected chi connectivity index (χ4v) is 4.00. The lowest BCUT2D eigenvalue weighted by Crippen LogP contribution is -2.45. The van der Waals surface area contributed by atoms with Crippen molar-refractivity contribution in [2.45, 2.75) is 23.8 Å². The second-order valence-corrected chi connectivity index (χ2v) is 8.34. The molecule has 0 radical (unpaired) electrons. The Morgan fingerprint density at radius 2 is 1.81 bits per heavy atom. The molecule has 0 aliphatic carbocycles. The number of benzene rings is 1. The molecule has 26 heavy (non-hydrogen) atoms. The Hall–Kier alpha value is -2.32. The Kier molecular flexibility index (Phi) is 5.33. The van der Waals surface area contributed by atoms with E-state index in [1.807, 2.05) is 18.2 Å². The Morgan fingerprint density at radius 3 is 2.42 bits per heavy atom. The van der Waals surface area contributed by atoms with Gasteiger partial charge in [-0.1, -0.05) is 18.2 Å². The second-order valence-electron chi connectivity index (χ2n) is 6.45. The predicted octanol–water partition coefficient (Wildman–Crippen LogP) is 1.33. The Labute approximate surface area is 154 Å². The van der Waals surface area contributed by atoms with Gasteiger partial charge in [-0.15, -0.1) is 0 Å². The quantitative estimate of drug-likeness (QED) is 0.825. The van der Waals surface area contributed by atoms with E-state index < -0.39 is 10.0 Å². The maximum absolute atomic E-state index is 12.6. The van der Waals surface area contributed by atoms with E-state index in [2.05, 4.69) is 27.1 Å². The number of aromatic nitrogens is 1. The molecule has 0 unspecified atom stereocenters. The summed E-state index contributed by atoms with van der Waals surface area (Å²) in [4.78, 5) is 15.0. The van der Waals surface area contributed by atoms with Crippen LogP contribution in [0.2, 0.25) is 0 Å². The van der Waals surface area contributed by atoms with Crippen molar-refractivity contribution in [3.8, 4) is 0 Å². The molecule has 2 heterocycles. The zero-order chi connectivity index (χ0) is 18.7. The predicted molar refractivity (Wildman–Crippen MR) is 101 cm³/mol. The molecule has 1 aliphatic heterocycles. The van der Waals surface area contributed by atoms with Crippen LogP contribution in [0.5, 0.6) is 0 Å². The maximum atomic E-state index is 12.6. The van der Waals surface area contributed by atoms with Gasteiger partial charge in [0.05, 0.1) is 0 Å². The summed E-state index contributed by atoms with van der Waals surface area (Å²) in [5, 5.41) is 3.03. The van der Waals surface area contributed by atoms with Crippen LogP contribution >= 0.6 is 0 Å². The first-order valence-corrected chi connectivity index (χ1v) is 10.1. The lowest BCUT2D eigenvalue weighted by atomic mass is 10.0. The van der Waals surface area contributed by atoms with E-state index >= 15 is 0 Å². The first-order valence-electron chi connectivity index (χ1n) is 8.61. The highest BCUT2D eigenvalue weighted by Crippen LogP contribution is 2.20. The van der Waals surface area contributed by atoms with Gasteiger partial charge in [0.25, 0.3) is 5.91 Å². The summed E-state index contributed by atoms with van der Waals surface area (Å²) in [5.74, 6) is -0.247. The third kappa shape index (κ3) is 3.91. The zero-order valence-electron chi connectivity index (χ0n) is 15.0. The molecular formula is C18H24N4O3S. The molecule has 2 aromatic rings. The molecule has 8 heteroatoms. The molecular weight excluding hydrogens is 352 g/mol. The van der Waals surface area contributed by atoms with Crippen molar-refractivity contribution < 1.29 is 13.2 Å². The monoisotopic (exact) mass is 376 g/mol. The minimum atomic E-state index is -3.56. The second kappa shape index (κ2) is 7.51. The van der Waals surface area contributed by atoms with Crippen LogP contribution in [-0.2, 0) is 17.1 Å². The lowest BCUT2D eigenvalue weighted by molar-refractivity contribution is 0.0923. The van der Waals surface area contributed by atoms with Crippen LogP contribution in [0.25, 0.3) is 0 Å². The highest BCUT2D eigenvalue weighted by atomic mass is 32.2. The number of anilines is 1. The van der Waals surface area contributed by atoms with Gasteiger partial charge in [0.2, 0.25) is 10.0 Å². The molecule has 1 fully saturated rings. The fourth-order valence-electron chi connectivity index (χ4n) is 3.20. The van der Waals surface area contributed by atoms with E-state index in [4.69, 9.17) is 0 Å². The summed E-state index contributed by atoms with van der Waals surface area (Å²) in [6, 6.07) is 11.7. The largest absolute Gasteiger partial charge is 0.371 e. The van der Waals surface area contributed by atoms with Gasteiger partial charge in [-0.3, -0.25) is 4.79 Å². The highest BCUT2D eigenvalue weighted by Gasteiger charge is 2.24. The van der Waals surface area contributed by atoms with Gasteiger partial charge in [-0.05, 0) is 38.1 Å². The third-order valence-electron chi connectivity index (χ3n) is 4.74. The number of aryl methyl sites for hydroxylation is 1. The number of para-hydroxylation sites is 1. The SMILES string of the molecule is CNS(=O)(=O)c1cc(C(=O)NC2CCN(c3ccccc3)CC2)n(C)c1. The third-order valence-corrected chi connectivity index (χ3v) is 6.12. The molecule has 1 aromatic heterocycles. The van der Waals surface area contributed by atoms with Crippen molar-refractivity contribution >= 4 is 21.6 Å². The number of piperidine rings is 1. The number of sulfonamides is 1. The van der Waals surface area contributed by atoms with Gasteiger partial charge in [0.1, 0.15) is 10.6 Å². The summed E-state index contributed by atoms with van der Waals surface area (Å²) in [6.07, 6.45) is 3.15. The first-order chi connectivity index (χ1) is 12.4. The summed E-state index contributed by atoms with van der Waals surface area (Å²) < 4.78 is 27.6. The van der Waals surface area contributed by atoms with E-state index in [0.29, 0.717) is 5.69 Å². The molecule has 1 saturated heterocycles. The minimum Gasteiger partial charge on any atom is -0.371 e. The van der Waals surface area contributed by atoms with Crippen LogP contribution in [0.15, 0.2) is 47.5 Å². The molecule has 140 valence electrons. The summed E-state index contributed by atoms with van der Waals surface area (Å²) in [5.41, 5.74) is 1.53. The number of amides is 1. The average molecular weight is 376 g/mol. The van der Waals surface area contributed by atoms with E-state index in [1.54, 1.807) is 11.6 Å². The number of carbonyl (C=O) groups is 1. The molecule has 1 aromatic carbocycles. The van der Waals surface area contributed by atoms with Crippen LogP contribution in [-0.4, -0.2) is 45.1 Å². The summed E-state index contributed by atoms with van der Waals surface area (Å²) >= 11 is 0. The van der Waals surface area contributed by atoms with Crippen LogP contribution in [0.4, 0.5) is 5.69 Å². The Morgan fingerprint density at radius 1 is 1.15 bits per heavy atom. The normalized spacial score (nSPS) is 15.8. The lowest BCUT2D eigenvalue weighted by Gasteiger charge is -2.34. The molecule has 1 aliphatic rings. The zero-order valence-corrected chi connectivity index (χ0v) is 15.8. The molecule has 0 atom stereocenters. The van der Waals surface area contributed by atoms with Crippen molar-refractivity contribution in [1.82, 2.24) is 14.6 Å². The minimum absolute atomic E-state index is 0.0849. The fraction of sp³-hybridized carbons (Fsp3) is 0.389. The molecule has 0 saturated carbocycles. The van der Waals surface area contributed by atoms with E-state index in [1.165, 1.54) is 25.0 Å². The molecule has 1 amide bonds. The average Bonchev–Trinajstić information content (AvgIpc) is 3.06.